The molecule has 1 aliphatic rings. The van der Waals surface area contributed by atoms with Gasteiger partial charge in [-0.25, -0.2) is 4.98 Å². The summed E-state index contributed by atoms with van der Waals surface area (Å²) in [6.07, 6.45) is 2.87. The van der Waals surface area contributed by atoms with Crippen LogP contribution in [-0.4, -0.2) is 16.8 Å². The minimum Gasteiger partial charge on any atom is -0.454 e. The zero-order valence-electron chi connectivity index (χ0n) is 9.64. The summed E-state index contributed by atoms with van der Waals surface area (Å²) in [4.78, 5) is 7.44. The van der Waals surface area contributed by atoms with Gasteiger partial charge in [0.05, 0.1) is 18.0 Å². The maximum Gasteiger partial charge on any atom is 0.231 e. The molecule has 1 N–H and O–H groups in total. The van der Waals surface area contributed by atoms with Gasteiger partial charge in [0.25, 0.3) is 0 Å². The van der Waals surface area contributed by atoms with Crippen molar-refractivity contribution in [3.8, 4) is 28.8 Å². The van der Waals surface area contributed by atoms with Crippen LogP contribution in [0.15, 0.2) is 24.4 Å². The lowest BCUT2D eigenvalue weighted by Gasteiger charge is -2.00. The highest BCUT2D eigenvalue weighted by atomic mass is 16.7. The average molecular weight is 241 g/mol. The third-order valence-corrected chi connectivity index (χ3v) is 2.79. The van der Waals surface area contributed by atoms with Crippen LogP contribution in [-0.2, 0) is 6.42 Å². The highest BCUT2D eigenvalue weighted by Gasteiger charge is 2.14. The highest BCUT2D eigenvalue weighted by Crippen LogP contribution is 2.35. The second-order valence-corrected chi connectivity index (χ2v) is 3.97. The summed E-state index contributed by atoms with van der Waals surface area (Å²) in [5.41, 5.74) is 1.91. The molecule has 0 aliphatic carbocycles. The lowest BCUT2D eigenvalue weighted by molar-refractivity contribution is 0.174. The quantitative estimate of drug-likeness (QED) is 0.894. The molecule has 0 bridgehead atoms. The van der Waals surface area contributed by atoms with Gasteiger partial charge in [0.1, 0.15) is 5.82 Å². The summed E-state index contributed by atoms with van der Waals surface area (Å²) in [6.45, 7) is 0.273. The summed E-state index contributed by atoms with van der Waals surface area (Å²) >= 11 is 0. The maximum absolute atomic E-state index is 8.54. The fourth-order valence-electron chi connectivity index (χ4n) is 1.87. The fraction of sp³-hybridized carbons (Fsp3) is 0.231. The zero-order chi connectivity index (χ0) is 12.4. The number of nitrogens with one attached hydrogen (secondary N) is 1. The molecule has 1 aromatic carbocycles. The van der Waals surface area contributed by atoms with Crippen LogP contribution < -0.4 is 9.47 Å². The first-order valence-corrected chi connectivity index (χ1v) is 5.67. The first-order valence-electron chi connectivity index (χ1n) is 5.67. The van der Waals surface area contributed by atoms with E-state index in [-0.39, 0.29) is 6.79 Å². The van der Waals surface area contributed by atoms with Gasteiger partial charge in [0.15, 0.2) is 11.5 Å². The van der Waals surface area contributed by atoms with Crippen molar-refractivity contribution in [2.24, 2.45) is 0 Å². The van der Waals surface area contributed by atoms with Gasteiger partial charge in [0.2, 0.25) is 6.79 Å². The molecule has 3 rings (SSSR count). The highest BCUT2D eigenvalue weighted by molar-refractivity contribution is 5.64. The van der Waals surface area contributed by atoms with Crippen LogP contribution in [0.1, 0.15) is 12.2 Å². The Bertz CT molecular complexity index is 613. The van der Waals surface area contributed by atoms with Gasteiger partial charge >= 0.3 is 0 Å². The Morgan fingerprint density at radius 1 is 1.33 bits per heavy atom. The fourth-order valence-corrected chi connectivity index (χ4v) is 1.87. The van der Waals surface area contributed by atoms with Gasteiger partial charge in [-0.2, -0.15) is 5.26 Å². The number of ether oxygens (including phenoxy) is 2. The predicted molar refractivity (Wildman–Crippen MR) is 64.1 cm³/mol. The maximum atomic E-state index is 8.54. The van der Waals surface area contributed by atoms with E-state index < -0.39 is 0 Å². The van der Waals surface area contributed by atoms with Gasteiger partial charge < -0.3 is 14.5 Å². The molecular formula is C13H11N3O2. The van der Waals surface area contributed by atoms with Gasteiger partial charge in [0, 0.05) is 18.4 Å². The molecule has 18 heavy (non-hydrogen) atoms. The summed E-state index contributed by atoms with van der Waals surface area (Å²) < 4.78 is 10.6. The molecule has 5 heteroatoms. The van der Waals surface area contributed by atoms with E-state index >= 15 is 0 Å². The van der Waals surface area contributed by atoms with Crippen LogP contribution in [0.25, 0.3) is 11.3 Å². The average Bonchev–Trinajstić information content (AvgIpc) is 3.04. The number of H-pyrrole nitrogens is 1. The van der Waals surface area contributed by atoms with Crippen LogP contribution in [0.5, 0.6) is 11.5 Å². The van der Waals surface area contributed by atoms with Crippen molar-refractivity contribution in [3.63, 3.8) is 0 Å². The van der Waals surface area contributed by atoms with Crippen LogP contribution in [0.2, 0.25) is 0 Å². The molecule has 5 nitrogen and oxygen atoms in total. The number of aryl methyl sites for hydroxylation is 1. The molecule has 1 aliphatic heterocycles. The van der Waals surface area contributed by atoms with Crippen LogP contribution >= 0.6 is 0 Å². The monoisotopic (exact) mass is 241 g/mol. The molecule has 0 radical (unpaired) electrons. The largest absolute Gasteiger partial charge is 0.454 e. The normalized spacial score (nSPS) is 12.4. The summed E-state index contributed by atoms with van der Waals surface area (Å²) in [6, 6.07) is 7.86. The molecule has 1 aromatic heterocycles. The van der Waals surface area contributed by atoms with Crippen molar-refractivity contribution in [1.29, 1.82) is 5.26 Å². The number of imidazole rings is 1. The molecule has 0 fully saturated rings. The first kappa shape index (κ1) is 10.7. The van der Waals surface area contributed by atoms with E-state index in [9.17, 15) is 0 Å². The van der Waals surface area contributed by atoms with Crippen molar-refractivity contribution in [1.82, 2.24) is 9.97 Å². The molecule has 0 saturated heterocycles. The van der Waals surface area contributed by atoms with Crippen LogP contribution in [0.3, 0.4) is 0 Å². The molecule has 90 valence electrons. The van der Waals surface area contributed by atoms with E-state index in [0.29, 0.717) is 12.8 Å². The van der Waals surface area contributed by atoms with Crippen molar-refractivity contribution in [2.45, 2.75) is 12.8 Å². The number of aromatic amines is 1. The standard InChI is InChI=1S/C13H11N3O2/c14-5-1-2-13-15-7-10(16-13)9-3-4-11-12(6-9)18-8-17-11/h3-4,6-7H,1-2,8H2,(H,15,16). The predicted octanol–water partition coefficient (Wildman–Crippen LogP) is 2.26. The number of hydrogen-bond acceptors (Lipinski definition) is 4. The molecular weight excluding hydrogens is 230 g/mol. The Hall–Kier alpha value is -2.48. The Labute approximate surface area is 104 Å². The van der Waals surface area contributed by atoms with E-state index in [1.165, 1.54) is 0 Å². The third kappa shape index (κ3) is 1.89. The number of benzene rings is 1. The van der Waals surface area contributed by atoms with E-state index in [1.807, 2.05) is 18.2 Å². The zero-order valence-corrected chi connectivity index (χ0v) is 9.64. The summed E-state index contributed by atoms with van der Waals surface area (Å²) in [7, 11) is 0. The molecule has 2 aromatic rings. The molecule has 0 amide bonds. The Morgan fingerprint density at radius 3 is 3.11 bits per heavy atom. The topological polar surface area (TPSA) is 70.9 Å². The summed E-state index contributed by atoms with van der Waals surface area (Å²) in [5.74, 6) is 2.34. The number of nitrogens with zero attached hydrogens (tertiary/aromatic N) is 2. The Kier molecular flexibility index (Phi) is 2.61. The number of rotatable bonds is 3. The Balaban J connectivity index is 1.86. The molecule has 0 spiro atoms. The van der Waals surface area contributed by atoms with Gasteiger partial charge in [-0.15, -0.1) is 0 Å². The van der Waals surface area contributed by atoms with Gasteiger partial charge in [-0.3, -0.25) is 0 Å². The number of hydrogen-bond donors (Lipinski definition) is 1. The van der Waals surface area contributed by atoms with Gasteiger partial charge in [-0.05, 0) is 18.2 Å². The summed E-state index contributed by atoms with van der Waals surface area (Å²) in [5, 5.41) is 8.54. The first-order chi connectivity index (χ1) is 8.86. The molecule has 0 unspecified atom stereocenters. The number of fused-ring (bicyclic) bond motifs is 1. The smallest absolute Gasteiger partial charge is 0.231 e. The second kappa shape index (κ2) is 4.41. The van der Waals surface area contributed by atoms with Gasteiger partial charge in [-0.1, -0.05) is 0 Å². The Morgan fingerprint density at radius 2 is 2.22 bits per heavy atom. The molecule has 2 heterocycles. The van der Waals surface area contributed by atoms with E-state index in [4.69, 9.17) is 14.7 Å². The minimum absolute atomic E-state index is 0.273. The molecule has 0 atom stereocenters. The second-order valence-electron chi connectivity index (χ2n) is 3.97. The van der Waals surface area contributed by atoms with Crippen molar-refractivity contribution in [3.05, 3.63) is 30.2 Å². The van der Waals surface area contributed by atoms with Crippen molar-refractivity contribution in [2.75, 3.05) is 6.79 Å². The SMILES string of the molecule is N#CCCc1ncc(-c2ccc3c(c2)OCO3)[nH]1. The van der Waals surface area contributed by atoms with E-state index in [0.717, 1.165) is 28.6 Å². The lowest BCUT2D eigenvalue weighted by atomic mass is 10.1. The minimum atomic E-state index is 0.273. The molecule has 0 saturated carbocycles. The van der Waals surface area contributed by atoms with Crippen molar-refractivity contribution < 1.29 is 9.47 Å². The number of nitriles is 1. The van der Waals surface area contributed by atoms with Crippen molar-refractivity contribution >= 4 is 0 Å². The van der Waals surface area contributed by atoms with Crippen LogP contribution in [0.4, 0.5) is 0 Å². The lowest BCUT2D eigenvalue weighted by Crippen LogP contribution is -1.92. The number of aromatic nitrogens is 2. The van der Waals surface area contributed by atoms with E-state index in [2.05, 4.69) is 16.0 Å². The van der Waals surface area contributed by atoms with E-state index in [1.54, 1.807) is 6.20 Å². The van der Waals surface area contributed by atoms with Crippen LogP contribution in [0, 0.1) is 11.3 Å². The third-order valence-electron chi connectivity index (χ3n) is 2.79.